The van der Waals surface area contributed by atoms with E-state index in [1.807, 2.05) is 17.0 Å². The van der Waals surface area contributed by atoms with Crippen molar-refractivity contribution in [1.82, 2.24) is 15.1 Å². The first kappa shape index (κ1) is 16.0. The van der Waals surface area contributed by atoms with Crippen molar-refractivity contribution in [3.05, 3.63) is 24.2 Å². The lowest BCUT2D eigenvalue weighted by Gasteiger charge is -2.29. The molecular weight excluding hydrogens is 302 g/mol. The normalized spacial score (nSPS) is 25.2. The summed E-state index contributed by atoms with van der Waals surface area (Å²) in [6, 6.07) is 5.15. The zero-order chi connectivity index (χ0) is 16.4. The van der Waals surface area contributed by atoms with E-state index in [0.717, 1.165) is 37.7 Å². The highest BCUT2D eigenvalue weighted by Gasteiger charge is 2.35. The van der Waals surface area contributed by atoms with Gasteiger partial charge in [-0.3, -0.25) is 0 Å². The number of hydrogen-bond donors (Lipinski definition) is 1. The van der Waals surface area contributed by atoms with Gasteiger partial charge in [-0.25, -0.2) is 4.79 Å². The summed E-state index contributed by atoms with van der Waals surface area (Å²) in [5, 5.41) is 3.21. The van der Waals surface area contributed by atoms with Crippen LogP contribution in [-0.4, -0.2) is 47.5 Å². The maximum absolute atomic E-state index is 12.8. The predicted molar refractivity (Wildman–Crippen MR) is 92.6 cm³/mol. The van der Waals surface area contributed by atoms with Crippen LogP contribution in [0.5, 0.6) is 0 Å². The topological polar surface area (TPSA) is 48.7 Å². The fraction of sp³-hybridized carbons (Fsp3) is 0.737. The molecule has 1 saturated heterocycles. The minimum atomic E-state index is 0.0863. The number of nitrogens with one attached hydrogen (secondary N) is 1. The average molecular weight is 331 g/mol. The highest BCUT2D eigenvalue weighted by Crippen LogP contribution is 2.31. The Labute approximate surface area is 144 Å². The third-order valence-corrected chi connectivity index (χ3v) is 5.86. The summed E-state index contributed by atoms with van der Waals surface area (Å²) in [6.45, 7) is 3.77. The van der Waals surface area contributed by atoms with Gasteiger partial charge in [-0.05, 0) is 56.7 Å². The van der Waals surface area contributed by atoms with Gasteiger partial charge in [0.2, 0.25) is 0 Å². The van der Waals surface area contributed by atoms with Crippen molar-refractivity contribution in [3.63, 3.8) is 0 Å². The van der Waals surface area contributed by atoms with E-state index in [1.54, 1.807) is 6.26 Å². The van der Waals surface area contributed by atoms with Crippen molar-refractivity contribution >= 4 is 6.03 Å². The van der Waals surface area contributed by atoms with Crippen molar-refractivity contribution in [2.75, 3.05) is 19.6 Å². The van der Waals surface area contributed by atoms with E-state index in [4.69, 9.17) is 4.42 Å². The van der Waals surface area contributed by atoms with Gasteiger partial charge >= 0.3 is 6.03 Å². The largest absolute Gasteiger partial charge is 0.467 e. The number of rotatable bonds is 6. The molecule has 5 nitrogen and oxygen atoms in total. The molecule has 1 unspecified atom stereocenters. The molecule has 2 saturated carbocycles. The number of likely N-dealkylation sites (tertiary alicyclic amines) is 1. The number of amides is 2. The van der Waals surface area contributed by atoms with Crippen LogP contribution in [0.2, 0.25) is 0 Å². The van der Waals surface area contributed by atoms with Crippen LogP contribution in [0.25, 0.3) is 0 Å². The molecule has 24 heavy (non-hydrogen) atoms. The lowest BCUT2D eigenvalue weighted by atomic mass is 10.1. The van der Waals surface area contributed by atoms with Gasteiger partial charge in [0, 0.05) is 25.2 Å². The van der Waals surface area contributed by atoms with E-state index in [9.17, 15) is 4.79 Å². The van der Waals surface area contributed by atoms with Crippen LogP contribution in [-0.2, 0) is 6.54 Å². The van der Waals surface area contributed by atoms with Crippen LogP contribution in [0.1, 0.15) is 50.7 Å². The molecule has 2 amide bonds. The Morgan fingerprint density at radius 1 is 1.25 bits per heavy atom. The molecule has 5 heteroatoms. The van der Waals surface area contributed by atoms with Gasteiger partial charge in [-0.15, -0.1) is 0 Å². The smallest absolute Gasteiger partial charge is 0.318 e. The summed E-state index contributed by atoms with van der Waals surface area (Å²) in [7, 11) is 0. The molecule has 0 radical (unpaired) electrons. The molecule has 1 aliphatic heterocycles. The van der Waals surface area contributed by atoms with Crippen LogP contribution in [0.15, 0.2) is 22.8 Å². The minimum Gasteiger partial charge on any atom is -0.467 e. The Morgan fingerprint density at radius 3 is 2.79 bits per heavy atom. The third-order valence-electron chi connectivity index (χ3n) is 5.86. The second-order valence-electron chi connectivity index (χ2n) is 7.71. The first-order valence-corrected chi connectivity index (χ1v) is 9.60. The number of urea groups is 1. The molecule has 1 aromatic rings. The van der Waals surface area contributed by atoms with E-state index >= 15 is 0 Å². The summed E-state index contributed by atoms with van der Waals surface area (Å²) >= 11 is 0. The second-order valence-corrected chi connectivity index (χ2v) is 7.71. The summed E-state index contributed by atoms with van der Waals surface area (Å²) in [5.41, 5.74) is 0. The molecule has 132 valence electrons. The monoisotopic (exact) mass is 331 g/mol. The van der Waals surface area contributed by atoms with Crippen LogP contribution in [0.4, 0.5) is 4.79 Å². The fourth-order valence-electron chi connectivity index (χ4n) is 4.29. The summed E-state index contributed by atoms with van der Waals surface area (Å²) in [6.07, 6.45) is 10.3. The Bertz CT molecular complexity index is 535. The van der Waals surface area contributed by atoms with Crippen molar-refractivity contribution in [2.45, 2.75) is 63.6 Å². The third kappa shape index (κ3) is 3.77. The van der Waals surface area contributed by atoms with Gasteiger partial charge in [-0.1, -0.05) is 12.8 Å². The van der Waals surface area contributed by atoms with Crippen molar-refractivity contribution in [3.8, 4) is 0 Å². The lowest BCUT2D eigenvalue weighted by Crippen LogP contribution is -2.46. The van der Waals surface area contributed by atoms with E-state index in [1.165, 1.54) is 38.6 Å². The standard InChI is InChI=1S/C19H29N3O2/c23-19(20-12-15-9-10-21(13-15)16-7-8-16)22(17-4-1-2-5-17)14-18-6-3-11-24-18/h3,6,11,15-17H,1-2,4-5,7-10,12-14H2,(H,20,23). The molecule has 0 spiro atoms. The Hall–Kier alpha value is -1.49. The summed E-state index contributed by atoms with van der Waals surface area (Å²) < 4.78 is 5.47. The maximum Gasteiger partial charge on any atom is 0.318 e. The molecule has 1 N–H and O–H groups in total. The van der Waals surface area contributed by atoms with E-state index in [0.29, 0.717) is 18.5 Å². The highest BCUT2D eigenvalue weighted by atomic mass is 16.3. The van der Waals surface area contributed by atoms with E-state index < -0.39 is 0 Å². The number of carbonyl (C=O) groups is 1. The Morgan fingerprint density at radius 2 is 2.08 bits per heavy atom. The van der Waals surface area contributed by atoms with Crippen LogP contribution >= 0.6 is 0 Å². The zero-order valence-corrected chi connectivity index (χ0v) is 14.5. The van der Waals surface area contributed by atoms with Gasteiger partial charge in [0.1, 0.15) is 5.76 Å². The van der Waals surface area contributed by atoms with Crippen molar-refractivity contribution < 1.29 is 9.21 Å². The molecule has 0 bridgehead atoms. The van der Waals surface area contributed by atoms with Crippen LogP contribution < -0.4 is 5.32 Å². The number of furan rings is 1. The SMILES string of the molecule is O=C(NCC1CCN(C2CC2)C1)N(Cc1ccco1)C1CCCC1. The van der Waals surface area contributed by atoms with Gasteiger partial charge in [-0.2, -0.15) is 0 Å². The predicted octanol–water partition coefficient (Wildman–Crippen LogP) is 3.22. The second kappa shape index (κ2) is 7.18. The molecule has 0 aromatic carbocycles. The summed E-state index contributed by atoms with van der Waals surface area (Å²) in [5.74, 6) is 1.49. The molecule has 2 heterocycles. The van der Waals surface area contributed by atoms with E-state index in [-0.39, 0.29) is 6.03 Å². The highest BCUT2D eigenvalue weighted by molar-refractivity contribution is 5.74. The molecular formula is C19H29N3O2. The summed E-state index contributed by atoms with van der Waals surface area (Å²) in [4.78, 5) is 17.4. The van der Waals surface area contributed by atoms with Crippen LogP contribution in [0.3, 0.4) is 0 Å². The first-order chi connectivity index (χ1) is 11.8. The quantitative estimate of drug-likeness (QED) is 0.871. The molecule has 3 aliphatic rings. The Balaban J connectivity index is 1.30. The number of carbonyl (C=O) groups excluding carboxylic acids is 1. The molecule has 1 atom stereocenters. The molecule has 4 rings (SSSR count). The van der Waals surface area contributed by atoms with E-state index in [2.05, 4.69) is 10.2 Å². The average Bonchev–Trinajstić information content (AvgIpc) is 3.06. The van der Waals surface area contributed by atoms with Gasteiger partial charge < -0.3 is 19.5 Å². The fourth-order valence-corrected chi connectivity index (χ4v) is 4.29. The lowest BCUT2D eigenvalue weighted by molar-refractivity contribution is 0.163. The van der Waals surface area contributed by atoms with Crippen molar-refractivity contribution in [1.29, 1.82) is 0 Å². The Kier molecular flexibility index (Phi) is 4.79. The molecule has 1 aromatic heterocycles. The minimum absolute atomic E-state index is 0.0863. The van der Waals surface area contributed by atoms with Gasteiger partial charge in [0.25, 0.3) is 0 Å². The van der Waals surface area contributed by atoms with Gasteiger partial charge in [0.15, 0.2) is 0 Å². The van der Waals surface area contributed by atoms with Crippen molar-refractivity contribution in [2.24, 2.45) is 5.92 Å². The number of hydrogen-bond acceptors (Lipinski definition) is 3. The first-order valence-electron chi connectivity index (χ1n) is 9.60. The zero-order valence-electron chi connectivity index (χ0n) is 14.5. The number of nitrogens with zero attached hydrogens (tertiary/aromatic N) is 2. The molecule has 2 aliphatic carbocycles. The maximum atomic E-state index is 12.8. The van der Waals surface area contributed by atoms with Gasteiger partial charge in [0.05, 0.1) is 12.8 Å². The van der Waals surface area contributed by atoms with Crippen LogP contribution in [0, 0.1) is 5.92 Å². The molecule has 3 fully saturated rings.